The summed E-state index contributed by atoms with van der Waals surface area (Å²) in [5.74, 6) is -0.646. The van der Waals surface area contributed by atoms with Gasteiger partial charge in [0.05, 0.1) is 6.10 Å². The molecule has 15 heavy (non-hydrogen) atoms. The van der Waals surface area contributed by atoms with Crippen LogP contribution in [0.3, 0.4) is 0 Å². The van der Waals surface area contributed by atoms with E-state index < -0.39 is 18.1 Å². The van der Waals surface area contributed by atoms with Crippen LogP contribution in [-0.2, 0) is 4.79 Å². The zero-order valence-electron chi connectivity index (χ0n) is 8.14. The Morgan fingerprint density at radius 2 is 1.87 bits per heavy atom. The highest BCUT2D eigenvalue weighted by molar-refractivity contribution is 6.30. The summed E-state index contributed by atoms with van der Waals surface area (Å²) in [6.07, 6.45) is -2.53. The van der Waals surface area contributed by atoms with Crippen LogP contribution < -0.4 is 5.32 Å². The average molecular weight is 230 g/mol. The van der Waals surface area contributed by atoms with Gasteiger partial charge in [-0.25, -0.2) is 0 Å². The van der Waals surface area contributed by atoms with Crippen molar-refractivity contribution in [1.82, 2.24) is 0 Å². The van der Waals surface area contributed by atoms with Gasteiger partial charge in [-0.1, -0.05) is 11.6 Å². The minimum absolute atomic E-state index is 0.518. The molecule has 3 N–H and O–H groups in total. The number of halogens is 1. The summed E-state index contributed by atoms with van der Waals surface area (Å²) >= 11 is 5.66. The molecule has 1 amide bonds. The molecule has 2 atom stereocenters. The molecule has 0 radical (unpaired) electrons. The van der Waals surface area contributed by atoms with E-state index in [4.69, 9.17) is 16.7 Å². The number of amides is 1. The van der Waals surface area contributed by atoms with Crippen molar-refractivity contribution in [2.24, 2.45) is 0 Å². The highest BCUT2D eigenvalue weighted by Gasteiger charge is 2.20. The molecular formula is C10H12ClNO3. The van der Waals surface area contributed by atoms with Crippen molar-refractivity contribution >= 4 is 23.2 Å². The highest BCUT2D eigenvalue weighted by atomic mass is 35.5. The van der Waals surface area contributed by atoms with Crippen molar-refractivity contribution in [3.05, 3.63) is 29.3 Å². The van der Waals surface area contributed by atoms with Crippen LogP contribution in [0, 0.1) is 0 Å². The van der Waals surface area contributed by atoms with Gasteiger partial charge in [0.15, 0.2) is 6.10 Å². The van der Waals surface area contributed by atoms with Gasteiger partial charge < -0.3 is 15.5 Å². The van der Waals surface area contributed by atoms with E-state index in [0.29, 0.717) is 10.7 Å². The van der Waals surface area contributed by atoms with Crippen molar-refractivity contribution in [2.45, 2.75) is 19.1 Å². The number of aliphatic hydroxyl groups excluding tert-OH is 2. The van der Waals surface area contributed by atoms with Crippen molar-refractivity contribution in [1.29, 1.82) is 0 Å². The summed E-state index contributed by atoms with van der Waals surface area (Å²) < 4.78 is 0. The number of nitrogens with one attached hydrogen (secondary N) is 1. The fraction of sp³-hybridized carbons (Fsp3) is 0.300. The number of carbonyl (C=O) groups excluding carboxylic acids is 1. The summed E-state index contributed by atoms with van der Waals surface area (Å²) in [7, 11) is 0. The zero-order valence-corrected chi connectivity index (χ0v) is 8.90. The van der Waals surface area contributed by atoms with Gasteiger partial charge in [0.1, 0.15) is 0 Å². The number of carbonyl (C=O) groups is 1. The second kappa shape index (κ2) is 5.11. The van der Waals surface area contributed by atoms with Crippen molar-refractivity contribution in [3.8, 4) is 0 Å². The molecule has 4 nitrogen and oxygen atoms in total. The Hall–Kier alpha value is -1.10. The Morgan fingerprint density at radius 3 is 2.33 bits per heavy atom. The van der Waals surface area contributed by atoms with Crippen LogP contribution in [0.4, 0.5) is 5.69 Å². The molecule has 0 heterocycles. The zero-order chi connectivity index (χ0) is 11.4. The normalized spacial score (nSPS) is 14.4. The van der Waals surface area contributed by atoms with Crippen LogP contribution >= 0.6 is 11.6 Å². The van der Waals surface area contributed by atoms with Crippen molar-refractivity contribution < 1.29 is 15.0 Å². The summed E-state index contributed by atoms with van der Waals surface area (Å²) in [4.78, 5) is 11.3. The summed E-state index contributed by atoms with van der Waals surface area (Å²) in [5, 5.41) is 21.2. The number of benzene rings is 1. The third-order valence-corrected chi connectivity index (χ3v) is 2.09. The van der Waals surface area contributed by atoms with Gasteiger partial charge in [0.25, 0.3) is 5.91 Å². The molecule has 0 saturated heterocycles. The predicted molar refractivity (Wildman–Crippen MR) is 57.8 cm³/mol. The molecule has 0 aliphatic carbocycles. The molecule has 0 aliphatic heterocycles. The third kappa shape index (κ3) is 3.51. The SMILES string of the molecule is C[C@H](O)[C@@H](O)C(=O)Nc1ccc(Cl)cc1. The first-order chi connectivity index (χ1) is 7.00. The maximum absolute atomic E-state index is 11.3. The van der Waals surface area contributed by atoms with Crippen molar-refractivity contribution in [2.75, 3.05) is 5.32 Å². The topological polar surface area (TPSA) is 69.6 Å². The molecule has 82 valence electrons. The monoisotopic (exact) mass is 229 g/mol. The first kappa shape index (κ1) is 12.0. The predicted octanol–water partition coefficient (Wildman–Crippen LogP) is 1.02. The summed E-state index contributed by atoms with van der Waals surface area (Å²) in [6, 6.07) is 6.45. The van der Waals surface area contributed by atoms with E-state index in [1.807, 2.05) is 0 Å². The molecule has 0 saturated carbocycles. The lowest BCUT2D eigenvalue weighted by atomic mass is 10.2. The van der Waals surface area contributed by atoms with Gasteiger partial charge in [0.2, 0.25) is 0 Å². The molecule has 0 fully saturated rings. The van der Waals surface area contributed by atoms with Crippen molar-refractivity contribution in [3.63, 3.8) is 0 Å². The van der Waals surface area contributed by atoms with E-state index >= 15 is 0 Å². The third-order valence-electron chi connectivity index (χ3n) is 1.84. The molecule has 0 bridgehead atoms. The van der Waals surface area contributed by atoms with Crippen LogP contribution in [0.2, 0.25) is 5.02 Å². The van der Waals surface area contributed by atoms with Crippen LogP contribution in [0.25, 0.3) is 0 Å². The largest absolute Gasteiger partial charge is 0.390 e. The Morgan fingerprint density at radius 1 is 1.33 bits per heavy atom. The van der Waals surface area contributed by atoms with E-state index in [2.05, 4.69) is 5.32 Å². The Bertz CT molecular complexity index is 337. The molecule has 0 spiro atoms. The van der Waals surface area contributed by atoms with Gasteiger partial charge >= 0.3 is 0 Å². The van der Waals surface area contributed by atoms with Gasteiger partial charge in [-0.05, 0) is 31.2 Å². The fourth-order valence-electron chi connectivity index (χ4n) is 0.968. The van der Waals surface area contributed by atoms with Gasteiger partial charge in [0, 0.05) is 10.7 Å². The molecule has 1 rings (SSSR count). The van der Waals surface area contributed by atoms with Gasteiger partial charge in [-0.3, -0.25) is 4.79 Å². The lowest BCUT2D eigenvalue weighted by molar-refractivity contribution is -0.128. The van der Waals surface area contributed by atoms with Crippen LogP contribution in [0.5, 0.6) is 0 Å². The highest BCUT2D eigenvalue weighted by Crippen LogP contribution is 2.13. The smallest absolute Gasteiger partial charge is 0.255 e. The molecule has 0 aromatic heterocycles. The van der Waals surface area contributed by atoms with E-state index in [-0.39, 0.29) is 0 Å². The number of anilines is 1. The second-order valence-corrected chi connectivity index (χ2v) is 3.62. The second-order valence-electron chi connectivity index (χ2n) is 3.18. The Kier molecular flexibility index (Phi) is 4.08. The lowest BCUT2D eigenvalue weighted by Crippen LogP contribution is -2.36. The van der Waals surface area contributed by atoms with Crippen LogP contribution in [0.1, 0.15) is 6.92 Å². The van der Waals surface area contributed by atoms with Crippen LogP contribution in [-0.4, -0.2) is 28.3 Å². The molecule has 1 aromatic rings. The molecule has 0 aliphatic rings. The maximum Gasteiger partial charge on any atom is 0.255 e. The minimum Gasteiger partial charge on any atom is -0.390 e. The average Bonchev–Trinajstić information content (AvgIpc) is 2.20. The van der Waals surface area contributed by atoms with E-state index in [9.17, 15) is 9.90 Å². The minimum atomic E-state index is -1.43. The quantitative estimate of drug-likeness (QED) is 0.725. The Balaban J connectivity index is 2.62. The van der Waals surface area contributed by atoms with Crippen LogP contribution in [0.15, 0.2) is 24.3 Å². The summed E-state index contributed by atoms with van der Waals surface area (Å²) in [5.41, 5.74) is 0.518. The number of hydrogen-bond acceptors (Lipinski definition) is 3. The summed E-state index contributed by atoms with van der Waals surface area (Å²) in [6.45, 7) is 1.34. The van der Waals surface area contributed by atoms with E-state index in [0.717, 1.165) is 0 Å². The molecule has 0 unspecified atom stereocenters. The molecule has 1 aromatic carbocycles. The first-order valence-electron chi connectivity index (χ1n) is 4.43. The van der Waals surface area contributed by atoms with Gasteiger partial charge in [-0.2, -0.15) is 0 Å². The first-order valence-corrected chi connectivity index (χ1v) is 4.81. The lowest BCUT2D eigenvalue weighted by Gasteiger charge is -2.13. The van der Waals surface area contributed by atoms with E-state index in [1.165, 1.54) is 6.92 Å². The maximum atomic E-state index is 11.3. The number of rotatable bonds is 3. The van der Waals surface area contributed by atoms with E-state index in [1.54, 1.807) is 24.3 Å². The molecule has 5 heteroatoms. The number of hydrogen-bond donors (Lipinski definition) is 3. The fourth-order valence-corrected chi connectivity index (χ4v) is 1.09. The Labute approximate surface area is 92.5 Å². The number of aliphatic hydroxyl groups is 2. The standard InChI is InChI=1S/C10H12ClNO3/c1-6(13)9(14)10(15)12-8-4-2-7(11)3-5-8/h2-6,9,13-14H,1H3,(H,12,15)/t6-,9+/m0/s1. The molecular weight excluding hydrogens is 218 g/mol. The van der Waals surface area contributed by atoms with Gasteiger partial charge in [-0.15, -0.1) is 0 Å².